The van der Waals surface area contributed by atoms with Crippen LogP contribution in [0.25, 0.3) is 98.8 Å². The number of hydrogen-bond acceptors (Lipinski definition) is 4. The summed E-state index contributed by atoms with van der Waals surface area (Å²) in [5.74, 6) is 1.93. The van der Waals surface area contributed by atoms with Gasteiger partial charge in [0.15, 0.2) is 17.5 Å². The highest BCUT2D eigenvalue weighted by Gasteiger charge is 2.51. The summed E-state index contributed by atoms with van der Waals surface area (Å²) >= 11 is 1.84. The van der Waals surface area contributed by atoms with Crippen molar-refractivity contribution in [2.45, 2.75) is 5.41 Å². The summed E-state index contributed by atoms with van der Waals surface area (Å²) in [7, 11) is 0. The van der Waals surface area contributed by atoms with Crippen LogP contribution in [-0.2, 0) is 5.41 Å². The molecule has 0 fully saturated rings. The summed E-state index contributed by atoms with van der Waals surface area (Å²) in [5, 5.41) is 2.60. The van der Waals surface area contributed by atoms with E-state index in [1.54, 1.807) is 0 Å². The molecule has 2 aliphatic rings. The van der Waals surface area contributed by atoms with Gasteiger partial charge in [-0.25, -0.2) is 15.0 Å². The lowest BCUT2D eigenvalue weighted by molar-refractivity contribution is 0.794. The van der Waals surface area contributed by atoms with Gasteiger partial charge in [-0.15, -0.1) is 11.3 Å². The zero-order valence-corrected chi connectivity index (χ0v) is 34.3. The highest BCUT2D eigenvalue weighted by Crippen LogP contribution is 2.63. The monoisotopic (exact) mass is 805 g/mol. The van der Waals surface area contributed by atoms with Crippen molar-refractivity contribution in [3.8, 4) is 78.7 Å². The summed E-state index contributed by atoms with van der Waals surface area (Å²) in [6.45, 7) is 0. The molecule has 0 amide bonds. The van der Waals surface area contributed by atoms with E-state index in [0.717, 1.165) is 27.8 Å². The average molecular weight is 806 g/mol. The Balaban J connectivity index is 0.867. The van der Waals surface area contributed by atoms with Gasteiger partial charge in [0.1, 0.15) is 0 Å². The molecule has 0 N–H and O–H groups in total. The highest BCUT2D eigenvalue weighted by atomic mass is 32.1. The van der Waals surface area contributed by atoms with Crippen molar-refractivity contribution in [1.82, 2.24) is 15.0 Å². The Morgan fingerprint density at radius 1 is 0.274 bits per heavy atom. The number of thiophene rings is 1. The zero-order valence-electron chi connectivity index (χ0n) is 33.5. The maximum atomic E-state index is 5.10. The van der Waals surface area contributed by atoms with Crippen molar-refractivity contribution in [3.05, 3.63) is 235 Å². The Kier molecular flexibility index (Phi) is 7.69. The van der Waals surface area contributed by atoms with Crippen molar-refractivity contribution in [1.29, 1.82) is 0 Å². The first-order valence-corrected chi connectivity index (χ1v) is 21.9. The van der Waals surface area contributed by atoms with Crippen molar-refractivity contribution >= 4 is 31.5 Å². The van der Waals surface area contributed by atoms with Gasteiger partial charge in [0.25, 0.3) is 0 Å². The fraction of sp³-hybridized carbons (Fsp3) is 0.0172. The lowest BCUT2D eigenvalue weighted by atomic mass is 9.70. The molecule has 9 aromatic carbocycles. The average Bonchev–Trinajstić information content (AvgIpc) is 3.98. The van der Waals surface area contributed by atoms with Crippen LogP contribution in [0.4, 0.5) is 0 Å². The van der Waals surface area contributed by atoms with Crippen LogP contribution in [0.1, 0.15) is 22.3 Å². The summed E-state index contributed by atoms with van der Waals surface area (Å²) in [4.78, 5) is 15.2. The lowest BCUT2D eigenvalue weighted by Crippen LogP contribution is -2.25. The third kappa shape index (κ3) is 5.20. The molecule has 0 bridgehead atoms. The maximum Gasteiger partial charge on any atom is 0.164 e. The smallest absolute Gasteiger partial charge is 0.164 e. The van der Waals surface area contributed by atoms with E-state index in [1.807, 2.05) is 29.5 Å². The normalized spacial score (nSPS) is 13.0. The van der Waals surface area contributed by atoms with Crippen LogP contribution in [0.3, 0.4) is 0 Å². The van der Waals surface area contributed by atoms with Gasteiger partial charge in [0, 0.05) is 36.9 Å². The Morgan fingerprint density at radius 2 is 0.677 bits per heavy atom. The van der Waals surface area contributed by atoms with Gasteiger partial charge in [-0.2, -0.15) is 0 Å². The van der Waals surface area contributed by atoms with Gasteiger partial charge < -0.3 is 0 Å². The SMILES string of the molecule is c1ccc(-c2nc(-c3ccc(-c4ccc5c(c4)-c4ccccc4C54c5ccccc5-c5ccccc54)cc3)nc(-c3ccc(-c4ccc5sc6ccccc6c5c4)cc3)n2)cc1. The van der Waals surface area contributed by atoms with Crippen LogP contribution in [0.15, 0.2) is 212 Å². The molecule has 11 aromatic rings. The first-order chi connectivity index (χ1) is 30.7. The van der Waals surface area contributed by atoms with Crippen LogP contribution < -0.4 is 0 Å². The largest absolute Gasteiger partial charge is 0.208 e. The Hall–Kier alpha value is -7.79. The maximum absolute atomic E-state index is 5.10. The summed E-state index contributed by atoms with van der Waals surface area (Å²) in [5.41, 5.74) is 17.8. The summed E-state index contributed by atoms with van der Waals surface area (Å²) in [6.07, 6.45) is 0. The van der Waals surface area contributed by atoms with Crippen molar-refractivity contribution < 1.29 is 0 Å². The third-order valence-corrected chi connectivity index (χ3v) is 14.1. The molecule has 2 aliphatic carbocycles. The second-order valence-electron chi connectivity index (χ2n) is 16.3. The fourth-order valence-corrected chi connectivity index (χ4v) is 11.2. The van der Waals surface area contributed by atoms with Crippen LogP contribution >= 0.6 is 11.3 Å². The van der Waals surface area contributed by atoms with Crippen LogP contribution in [0.5, 0.6) is 0 Å². The van der Waals surface area contributed by atoms with Crippen molar-refractivity contribution in [2.75, 3.05) is 0 Å². The van der Waals surface area contributed by atoms with Gasteiger partial charge in [0.05, 0.1) is 5.41 Å². The molecule has 4 heteroatoms. The highest BCUT2D eigenvalue weighted by molar-refractivity contribution is 7.25. The number of aromatic nitrogens is 3. The molecule has 0 radical (unpaired) electrons. The molecule has 0 unspecified atom stereocenters. The molecule has 2 heterocycles. The summed E-state index contributed by atoms with van der Waals surface area (Å²) < 4.78 is 2.62. The van der Waals surface area contributed by atoms with E-state index in [0.29, 0.717) is 17.5 Å². The van der Waals surface area contributed by atoms with Gasteiger partial charge in [-0.05, 0) is 91.0 Å². The van der Waals surface area contributed by atoms with E-state index >= 15 is 0 Å². The minimum Gasteiger partial charge on any atom is -0.208 e. The molecule has 0 saturated heterocycles. The molecule has 0 aliphatic heterocycles. The molecule has 2 aromatic heterocycles. The standard InChI is InChI=1S/C58H35N3S/c1-2-12-38(13-3-1)55-59-56(61-57(60-55)40-28-24-37(25-29-40)42-31-33-54-48(35-42)46-17-7-11-21-53(46)62-54)39-26-22-36(23-27-39)41-30-32-52-47(34-41)45-16-6-10-20-51(45)58(52)49-18-8-4-14-43(49)44-15-5-9-19-50(44)58/h1-35H. The Bertz CT molecular complexity index is 3520. The van der Waals surface area contributed by atoms with Gasteiger partial charge in [-0.3, -0.25) is 0 Å². The second-order valence-corrected chi connectivity index (χ2v) is 17.4. The van der Waals surface area contributed by atoms with E-state index in [4.69, 9.17) is 15.0 Å². The molecular weight excluding hydrogens is 771 g/mol. The first kappa shape index (κ1) is 35.0. The predicted octanol–water partition coefficient (Wildman–Crippen LogP) is 14.9. The molecule has 3 nitrogen and oxygen atoms in total. The Labute approximate surface area is 363 Å². The van der Waals surface area contributed by atoms with Crippen molar-refractivity contribution in [3.63, 3.8) is 0 Å². The lowest BCUT2D eigenvalue weighted by Gasteiger charge is -2.30. The van der Waals surface area contributed by atoms with Gasteiger partial charge in [0.2, 0.25) is 0 Å². The van der Waals surface area contributed by atoms with Crippen LogP contribution in [0, 0.1) is 0 Å². The van der Waals surface area contributed by atoms with Crippen LogP contribution in [-0.4, -0.2) is 15.0 Å². The van der Waals surface area contributed by atoms with E-state index in [9.17, 15) is 0 Å². The molecule has 0 saturated carbocycles. The number of fused-ring (bicyclic) bond motifs is 13. The second kappa shape index (κ2) is 13.6. The quantitative estimate of drug-likeness (QED) is 0.174. The molecule has 62 heavy (non-hydrogen) atoms. The molecule has 1 spiro atoms. The number of nitrogens with zero attached hydrogens (tertiary/aromatic N) is 3. The molecule has 288 valence electrons. The van der Waals surface area contributed by atoms with Crippen molar-refractivity contribution in [2.24, 2.45) is 0 Å². The number of benzene rings is 9. The fourth-order valence-electron chi connectivity index (χ4n) is 10.2. The molecule has 13 rings (SSSR count). The predicted molar refractivity (Wildman–Crippen MR) is 256 cm³/mol. The topological polar surface area (TPSA) is 38.7 Å². The van der Waals surface area contributed by atoms with Crippen LogP contribution in [0.2, 0.25) is 0 Å². The molecular formula is C58H35N3S. The third-order valence-electron chi connectivity index (χ3n) is 13.0. The van der Waals surface area contributed by atoms with Gasteiger partial charge >= 0.3 is 0 Å². The zero-order chi connectivity index (χ0) is 40.8. The number of rotatable bonds is 5. The van der Waals surface area contributed by atoms with E-state index in [2.05, 4.69) is 194 Å². The van der Waals surface area contributed by atoms with Gasteiger partial charge in [-0.1, -0.05) is 188 Å². The summed E-state index contributed by atoms with van der Waals surface area (Å²) in [6, 6.07) is 76.8. The Morgan fingerprint density at radius 3 is 1.27 bits per heavy atom. The minimum atomic E-state index is -0.345. The first-order valence-electron chi connectivity index (χ1n) is 21.1. The van der Waals surface area contributed by atoms with E-state index in [1.165, 1.54) is 75.8 Å². The molecule has 0 atom stereocenters. The van der Waals surface area contributed by atoms with E-state index in [-0.39, 0.29) is 5.41 Å². The minimum absolute atomic E-state index is 0.345. The van der Waals surface area contributed by atoms with E-state index < -0.39 is 0 Å². The number of hydrogen-bond donors (Lipinski definition) is 0.